The topological polar surface area (TPSA) is 85.2 Å². The van der Waals surface area contributed by atoms with Crippen molar-refractivity contribution < 1.29 is 14.3 Å². The molecule has 6 heteroatoms. The van der Waals surface area contributed by atoms with Crippen LogP contribution >= 0.6 is 0 Å². The number of allylic oxidation sites excluding steroid dienone is 2. The Kier molecular flexibility index (Phi) is 9.05. The molecule has 1 amide bonds. The van der Waals surface area contributed by atoms with Crippen molar-refractivity contribution in [2.24, 2.45) is 0 Å². The second kappa shape index (κ2) is 11.8. The zero-order valence-corrected chi connectivity index (χ0v) is 21.8. The summed E-state index contributed by atoms with van der Waals surface area (Å²) in [5.41, 5.74) is 3.89. The van der Waals surface area contributed by atoms with Crippen LogP contribution in [-0.2, 0) is 22.2 Å². The summed E-state index contributed by atoms with van der Waals surface area (Å²) in [6.07, 6.45) is 4.29. The number of carbonyl (C=O) groups excluding carboxylic acids is 1. The first-order valence-corrected chi connectivity index (χ1v) is 12.7. The lowest BCUT2D eigenvalue weighted by Gasteiger charge is -2.41. The number of benzene rings is 2. The first kappa shape index (κ1) is 27.6. The molecule has 1 aliphatic carbocycles. The van der Waals surface area contributed by atoms with Crippen molar-refractivity contribution in [2.75, 3.05) is 6.54 Å². The van der Waals surface area contributed by atoms with Crippen LogP contribution in [0.3, 0.4) is 0 Å². The van der Waals surface area contributed by atoms with E-state index in [1.807, 2.05) is 0 Å². The Hall–Kier alpha value is -3.01. The number of nitrogens with zero attached hydrogens (tertiary/aromatic N) is 1. The van der Waals surface area contributed by atoms with Gasteiger partial charge in [0.25, 0.3) is 0 Å². The van der Waals surface area contributed by atoms with Crippen LogP contribution in [0.5, 0.6) is 0 Å². The number of nitriles is 1. The molecule has 5 nitrogen and oxygen atoms in total. The van der Waals surface area contributed by atoms with Crippen molar-refractivity contribution in [1.29, 1.82) is 5.26 Å². The van der Waals surface area contributed by atoms with Crippen molar-refractivity contribution in [2.45, 2.75) is 82.9 Å². The van der Waals surface area contributed by atoms with E-state index in [0.29, 0.717) is 12.0 Å². The molecule has 36 heavy (non-hydrogen) atoms. The number of aliphatic hydroxyl groups excluding tert-OH is 1. The molecule has 0 bridgehead atoms. The Morgan fingerprint density at radius 1 is 1.19 bits per heavy atom. The van der Waals surface area contributed by atoms with Gasteiger partial charge in [-0.2, -0.15) is 5.26 Å². The van der Waals surface area contributed by atoms with E-state index < -0.39 is 12.1 Å². The lowest BCUT2D eigenvalue weighted by Crippen LogP contribution is -2.53. The summed E-state index contributed by atoms with van der Waals surface area (Å²) in [5, 5.41) is 26.8. The molecule has 192 valence electrons. The zero-order valence-electron chi connectivity index (χ0n) is 21.8. The van der Waals surface area contributed by atoms with Gasteiger partial charge in [0.05, 0.1) is 18.2 Å². The molecule has 0 saturated heterocycles. The molecule has 1 aliphatic rings. The van der Waals surface area contributed by atoms with Crippen molar-refractivity contribution in [3.63, 3.8) is 0 Å². The highest BCUT2D eigenvalue weighted by Gasteiger charge is 2.36. The Morgan fingerprint density at radius 3 is 2.50 bits per heavy atom. The molecule has 0 aliphatic heterocycles. The monoisotopic (exact) mass is 491 g/mol. The minimum atomic E-state index is -0.879. The number of hydrogen-bond acceptors (Lipinski definition) is 4. The third-order valence-electron chi connectivity index (χ3n) is 7.14. The van der Waals surface area contributed by atoms with Gasteiger partial charge >= 0.3 is 0 Å². The summed E-state index contributed by atoms with van der Waals surface area (Å²) in [7, 11) is 0. The van der Waals surface area contributed by atoms with Gasteiger partial charge in [0.2, 0.25) is 5.91 Å². The molecule has 2 atom stereocenters. The summed E-state index contributed by atoms with van der Waals surface area (Å²) in [4.78, 5) is 11.9. The van der Waals surface area contributed by atoms with Crippen LogP contribution in [-0.4, -0.2) is 29.7 Å². The van der Waals surface area contributed by atoms with Gasteiger partial charge in [0.15, 0.2) is 0 Å². The molecule has 3 rings (SSSR count). The van der Waals surface area contributed by atoms with Crippen LogP contribution in [0.1, 0.15) is 70.1 Å². The summed E-state index contributed by atoms with van der Waals surface area (Å²) < 4.78 is 13.7. The highest BCUT2D eigenvalue weighted by molar-refractivity contribution is 5.73. The summed E-state index contributed by atoms with van der Waals surface area (Å²) in [5.74, 6) is -0.588. The maximum Gasteiger partial charge on any atom is 0.217 e. The molecule has 0 aromatic heterocycles. The van der Waals surface area contributed by atoms with Crippen LogP contribution in [0, 0.1) is 17.1 Å². The Labute approximate surface area is 214 Å². The maximum absolute atomic E-state index is 13.7. The van der Waals surface area contributed by atoms with Crippen molar-refractivity contribution in [1.82, 2.24) is 10.6 Å². The molecule has 0 radical (unpaired) electrons. The van der Waals surface area contributed by atoms with Gasteiger partial charge < -0.3 is 15.7 Å². The second-order valence-electron chi connectivity index (χ2n) is 10.9. The first-order valence-electron chi connectivity index (χ1n) is 12.7. The van der Waals surface area contributed by atoms with Gasteiger partial charge in [-0.15, -0.1) is 0 Å². The van der Waals surface area contributed by atoms with Gasteiger partial charge in [0.1, 0.15) is 5.82 Å². The summed E-state index contributed by atoms with van der Waals surface area (Å²) in [6.45, 7) is 8.25. The molecule has 0 spiro atoms. The molecular formula is C30H38FN3O2. The van der Waals surface area contributed by atoms with E-state index in [4.69, 9.17) is 5.26 Å². The molecular weight excluding hydrogens is 453 g/mol. The third-order valence-corrected chi connectivity index (χ3v) is 7.14. The fourth-order valence-corrected chi connectivity index (χ4v) is 4.99. The predicted octanol–water partition coefficient (Wildman–Crippen LogP) is 5.04. The number of amides is 1. The van der Waals surface area contributed by atoms with Crippen LogP contribution in [0.15, 0.2) is 60.2 Å². The fourth-order valence-electron chi connectivity index (χ4n) is 4.99. The zero-order chi connectivity index (χ0) is 26.3. The second-order valence-corrected chi connectivity index (χ2v) is 10.9. The standard InChI is InChI=1S/C30H38FN3O2/c1-21(35)34-27(18-23-7-5-10-26(31)17-23)28(36)20-33-30(14-11-22(12-15-30)13-16-32)25-9-6-8-24(19-25)29(2,3)4/h5-10,13,17,19,27-28,33,36H,11-12,14-15,18,20H2,1-4H3,(H,34,35). The van der Waals surface area contributed by atoms with Crippen molar-refractivity contribution >= 4 is 5.91 Å². The van der Waals surface area contributed by atoms with Gasteiger partial charge in [-0.3, -0.25) is 4.79 Å². The van der Waals surface area contributed by atoms with Gasteiger partial charge in [-0.05, 0) is 66.3 Å². The minimum absolute atomic E-state index is 0.00128. The van der Waals surface area contributed by atoms with Gasteiger partial charge in [-0.1, -0.05) is 62.7 Å². The highest BCUT2D eigenvalue weighted by atomic mass is 19.1. The predicted molar refractivity (Wildman–Crippen MR) is 141 cm³/mol. The summed E-state index contributed by atoms with van der Waals surface area (Å²) >= 11 is 0. The SMILES string of the molecule is CC(=O)NC(Cc1cccc(F)c1)C(O)CNC1(c2cccc(C(C)(C)C)c2)CCC(=CC#N)CC1. The summed E-state index contributed by atoms with van der Waals surface area (Å²) in [6, 6.07) is 16.4. The normalized spacial score (nSPS) is 19.8. The van der Waals surface area contributed by atoms with E-state index >= 15 is 0 Å². The fraction of sp³-hybridized carbons (Fsp3) is 0.467. The van der Waals surface area contributed by atoms with Crippen LogP contribution in [0.2, 0.25) is 0 Å². The van der Waals surface area contributed by atoms with E-state index in [2.05, 4.69) is 61.7 Å². The maximum atomic E-state index is 13.7. The van der Waals surface area contributed by atoms with E-state index in [0.717, 1.165) is 31.3 Å². The average Bonchev–Trinajstić information content (AvgIpc) is 2.83. The Morgan fingerprint density at radius 2 is 1.89 bits per heavy atom. The molecule has 1 saturated carbocycles. The lowest BCUT2D eigenvalue weighted by molar-refractivity contribution is -0.120. The van der Waals surface area contributed by atoms with E-state index in [9.17, 15) is 14.3 Å². The smallest absolute Gasteiger partial charge is 0.217 e. The van der Waals surface area contributed by atoms with E-state index in [1.165, 1.54) is 30.2 Å². The number of rotatable bonds is 8. The lowest BCUT2D eigenvalue weighted by atomic mass is 9.73. The van der Waals surface area contributed by atoms with E-state index in [-0.39, 0.29) is 29.2 Å². The minimum Gasteiger partial charge on any atom is -0.390 e. The molecule has 2 aromatic carbocycles. The molecule has 2 aromatic rings. The van der Waals surface area contributed by atoms with Crippen LogP contribution in [0.25, 0.3) is 0 Å². The van der Waals surface area contributed by atoms with Gasteiger partial charge in [0, 0.05) is 25.1 Å². The molecule has 0 heterocycles. The largest absolute Gasteiger partial charge is 0.390 e. The molecule has 1 fully saturated rings. The van der Waals surface area contributed by atoms with Crippen LogP contribution in [0.4, 0.5) is 4.39 Å². The number of hydrogen-bond donors (Lipinski definition) is 3. The van der Waals surface area contributed by atoms with Crippen LogP contribution < -0.4 is 10.6 Å². The Balaban J connectivity index is 1.85. The van der Waals surface area contributed by atoms with Crippen molar-refractivity contribution in [3.05, 3.63) is 82.7 Å². The van der Waals surface area contributed by atoms with E-state index in [1.54, 1.807) is 18.2 Å². The highest BCUT2D eigenvalue weighted by Crippen LogP contribution is 2.40. The molecule has 2 unspecified atom stereocenters. The number of aliphatic hydroxyl groups is 1. The van der Waals surface area contributed by atoms with Crippen molar-refractivity contribution in [3.8, 4) is 6.07 Å². The number of halogens is 1. The number of nitrogens with one attached hydrogen (secondary N) is 2. The molecule has 3 N–H and O–H groups in total. The third kappa shape index (κ3) is 7.25. The average molecular weight is 492 g/mol. The first-order chi connectivity index (χ1) is 17.0. The number of carbonyl (C=O) groups is 1. The van der Waals surface area contributed by atoms with Gasteiger partial charge in [-0.25, -0.2) is 4.39 Å². The Bertz CT molecular complexity index is 1120. The quantitative estimate of drug-likeness (QED) is 0.452.